The summed E-state index contributed by atoms with van der Waals surface area (Å²) in [6.45, 7) is 1.38. The molecule has 1 unspecified atom stereocenters. The molecule has 1 amide bonds. The van der Waals surface area contributed by atoms with Gasteiger partial charge in [-0.15, -0.1) is 0 Å². The van der Waals surface area contributed by atoms with Crippen molar-refractivity contribution in [1.82, 2.24) is 10.6 Å². The van der Waals surface area contributed by atoms with Crippen molar-refractivity contribution in [1.29, 1.82) is 5.41 Å². The predicted octanol–water partition coefficient (Wildman–Crippen LogP) is 0.635. The van der Waals surface area contributed by atoms with Crippen LogP contribution in [0.4, 0.5) is 5.69 Å². The fourth-order valence-electron chi connectivity index (χ4n) is 2.08. The lowest BCUT2D eigenvalue weighted by Gasteiger charge is -2.11. The number of nitrogens with one attached hydrogen (secondary N) is 3. The third-order valence-electron chi connectivity index (χ3n) is 3.15. The first-order chi connectivity index (χ1) is 8.70. The van der Waals surface area contributed by atoms with Crippen molar-refractivity contribution in [2.24, 2.45) is 0 Å². The van der Waals surface area contributed by atoms with E-state index in [9.17, 15) is 4.79 Å². The molecular formula is C13H18N4O. The van der Waals surface area contributed by atoms with E-state index < -0.39 is 0 Å². The Balaban J connectivity index is 1.93. The summed E-state index contributed by atoms with van der Waals surface area (Å²) in [6.07, 6.45) is 3.18. The minimum Gasteiger partial charge on any atom is -0.398 e. The minimum absolute atomic E-state index is 0.0423. The summed E-state index contributed by atoms with van der Waals surface area (Å²) in [6, 6.07) is 5.39. The zero-order chi connectivity index (χ0) is 13.0. The van der Waals surface area contributed by atoms with Crippen LogP contribution in [0.2, 0.25) is 0 Å². The van der Waals surface area contributed by atoms with Gasteiger partial charge < -0.3 is 21.8 Å². The average Bonchev–Trinajstić information content (AvgIpc) is 2.91. The van der Waals surface area contributed by atoms with Crippen LogP contribution in [-0.2, 0) is 11.3 Å². The summed E-state index contributed by atoms with van der Waals surface area (Å²) < 4.78 is 0. The summed E-state index contributed by atoms with van der Waals surface area (Å²) >= 11 is 0. The molecule has 18 heavy (non-hydrogen) atoms. The van der Waals surface area contributed by atoms with Crippen LogP contribution in [0.25, 0.3) is 0 Å². The highest BCUT2D eigenvalue weighted by Crippen LogP contribution is 2.12. The largest absolute Gasteiger partial charge is 0.398 e. The number of nitrogen functional groups attached to an aromatic ring is 1. The maximum absolute atomic E-state index is 11.8. The first-order valence-electron chi connectivity index (χ1n) is 6.10. The van der Waals surface area contributed by atoms with Crippen molar-refractivity contribution in [2.45, 2.75) is 25.4 Å². The SMILES string of the molecule is N=Cc1cc(CNC(=O)C2CCCN2)ccc1N. The number of carbonyl (C=O) groups is 1. The molecule has 1 aromatic rings. The van der Waals surface area contributed by atoms with E-state index in [-0.39, 0.29) is 11.9 Å². The lowest BCUT2D eigenvalue weighted by molar-refractivity contribution is -0.122. The van der Waals surface area contributed by atoms with Crippen molar-refractivity contribution in [3.05, 3.63) is 29.3 Å². The van der Waals surface area contributed by atoms with Gasteiger partial charge in [0.05, 0.1) is 6.04 Å². The maximum atomic E-state index is 11.8. The molecular weight excluding hydrogens is 228 g/mol. The summed E-state index contributed by atoms with van der Waals surface area (Å²) in [5.74, 6) is 0.0423. The van der Waals surface area contributed by atoms with Gasteiger partial charge in [-0.2, -0.15) is 0 Å². The van der Waals surface area contributed by atoms with Crippen LogP contribution in [0.1, 0.15) is 24.0 Å². The van der Waals surface area contributed by atoms with Crippen molar-refractivity contribution < 1.29 is 4.79 Å². The average molecular weight is 246 g/mol. The zero-order valence-corrected chi connectivity index (χ0v) is 10.2. The minimum atomic E-state index is -0.0546. The molecule has 5 heteroatoms. The zero-order valence-electron chi connectivity index (χ0n) is 10.2. The second kappa shape index (κ2) is 5.64. The van der Waals surface area contributed by atoms with Crippen LogP contribution in [-0.4, -0.2) is 24.7 Å². The quantitative estimate of drug-likeness (QED) is 0.464. The van der Waals surface area contributed by atoms with E-state index >= 15 is 0 Å². The molecule has 0 radical (unpaired) electrons. The summed E-state index contributed by atoms with van der Waals surface area (Å²) in [5.41, 5.74) is 7.92. The maximum Gasteiger partial charge on any atom is 0.237 e. The molecule has 0 aliphatic carbocycles. The highest BCUT2D eigenvalue weighted by atomic mass is 16.2. The topological polar surface area (TPSA) is 91.0 Å². The van der Waals surface area contributed by atoms with Gasteiger partial charge in [0.1, 0.15) is 0 Å². The Morgan fingerprint density at radius 1 is 1.61 bits per heavy atom. The Morgan fingerprint density at radius 2 is 2.44 bits per heavy atom. The van der Waals surface area contributed by atoms with Crippen molar-refractivity contribution in [3.63, 3.8) is 0 Å². The molecule has 1 atom stereocenters. The second-order valence-electron chi connectivity index (χ2n) is 4.47. The van der Waals surface area contributed by atoms with Crippen LogP contribution in [0, 0.1) is 5.41 Å². The Morgan fingerprint density at radius 3 is 3.11 bits per heavy atom. The standard InChI is InChI=1S/C13H18N4O/c14-7-10-6-9(3-4-11(10)15)8-17-13(18)12-2-1-5-16-12/h3-4,6-7,12,14,16H,1-2,5,8,15H2,(H,17,18). The van der Waals surface area contributed by atoms with Crippen LogP contribution in [0.3, 0.4) is 0 Å². The van der Waals surface area contributed by atoms with E-state index in [0.717, 1.165) is 24.9 Å². The molecule has 1 aromatic carbocycles. The molecule has 1 fully saturated rings. The monoisotopic (exact) mass is 246 g/mol. The van der Waals surface area contributed by atoms with E-state index in [1.54, 1.807) is 6.07 Å². The number of nitrogens with two attached hydrogens (primary N) is 1. The van der Waals surface area contributed by atoms with Crippen LogP contribution < -0.4 is 16.4 Å². The lowest BCUT2D eigenvalue weighted by Crippen LogP contribution is -2.40. The van der Waals surface area contributed by atoms with Crippen LogP contribution >= 0.6 is 0 Å². The number of hydrogen-bond donors (Lipinski definition) is 4. The van der Waals surface area contributed by atoms with Gasteiger partial charge in [0.25, 0.3) is 0 Å². The van der Waals surface area contributed by atoms with Gasteiger partial charge in [-0.3, -0.25) is 4.79 Å². The third-order valence-corrected chi connectivity index (χ3v) is 3.15. The van der Waals surface area contributed by atoms with Gasteiger partial charge >= 0.3 is 0 Å². The van der Waals surface area contributed by atoms with E-state index in [1.165, 1.54) is 6.21 Å². The molecule has 1 heterocycles. The normalized spacial score (nSPS) is 18.6. The van der Waals surface area contributed by atoms with Gasteiger partial charge in [0, 0.05) is 24.0 Å². The summed E-state index contributed by atoms with van der Waals surface area (Å²) in [5, 5.41) is 13.3. The van der Waals surface area contributed by atoms with Crippen molar-refractivity contribution >= 4 is 17.8 Å². The van der Waals surface area contributed by atoms with Crippen molar-refractivity contribution in [2.75, 3.05) is 12.3 Å². The molecule has 0 saturated carbocycles. The number of carbonyl (C=O) groups excluding carboxylic acids is 1. The van der Waals surface area contributed by atoms with Gasteiger partial charge in [-0.05, 0) is 37.1 Å². The molecule has 1 aliphatic rings. The highest BCUT2D eigenvalue weighted by molar-refractivity contribution is 5.85. The molecule has 96 valence electrons. The van der Waals surface area contributed by atoms with Crippen LogP contribution in [0.5, 0.6) is 0 Å². The highest BCUT2D eigenvalue weighted by Gasteiger charge is 2.21. The van der Waals surface area contributed by atoms with Crippen molar-refractivity contribution in [3.8, 4) is 0 Å². The third kappa shape index (κ3) is 2.87. The van der Waals surface area contributed by atoms with Gasteiger partial charge in [-0.25, -0.2) is 0 Å². The molecule has 0 spiro atoms. The molecule has 5 N–H and O–H groups in total. The van der Waals surface area contributed by atoms with Crippen LogP contribution in [0.15, 0.2) is 18.2 Å². The predicted molar refractivity (Wildman–Crippen MR) is 71.6 cm³/mol. The fourth-order valence-corrected chi connectivity index (χ4v) is 2.08. The molecule has 0 bridgehead atoms. The number of hydrogen-bond acceptors (Lipinski definition) is 4. The van der Waals surface area contributed by atoms with Gasteiger partial charge in [0.15, 0.2) is 0 Å². The number of rotatable bonds is 4. The Kier molecular flexibility index (Phi) is 3.94. The Labute approximate surface area is 106 Å². The molecule has 5 nitrogen and oxygen atoms in total. The summed E-state index contributed by atoms with van der Waals surface area (Å²) in [4.78, 5) is 11.8. The van der Waals surface area contributed by atoms with E-state index in [2.05, 4.69) is 10.6 Å². The Bertz CT molecular complexity index is 452. The first-order valence-corrected chi connectivity index (χ1v) is 6.10. The van der Waals surface area contributed by atoms with Gasteiger partial charge in [-0.1, -0.05) is 6.07 Å². The second-order valence-corrected chi connectivity index (χ2v) is 4.47. The van der Waals surface area contributed by atoms with E-state index in [4.69, 9.17) is 11.1 Å². The molecule has 2 rings (SSSR count). The molecule has 0 aromatic heterocycles. The smallest absolute Gasteiger partial charge is 0.237 e. The lowest BCUT2D eigenvalue weighted by atomic mass is 10.1. The molecule has 1 aliphatic heterocycles. The number of amides is 1. The number of benzene rings is 1. The van der Waals surface area contributed by atoms with E-state index in [1.807, 2.05) is 12.1 Å². The van der Waals surface area contributed by atoms with E-state index in [0.29, 0.717) is 17.8 Å². The number of anilines is 1. The summed E-state index contributed by atoms with van der Waals surface area (Å²) in [7, 11) is 0. The first kappa shape index (κ1) is 12.6. The fraction of sp³-hybridized carbons (Fsp3) is 0.385. The van der Waals surface area contributed by atoms with Gasteiger partial charge in [0.2, 0.25) is 5.91 Å². The Hall–Kier alpha value is -1.88. The molecule has 1 saturated heterocycles.